The van der Waals surface area contributed by atoms with Crippen molar-refractivity contribution in [2.75, 3.05) is 0 Å². The van der Waals surface area contributed by atoms with Crippen LogP contribution in [0, 0.1) is 0 Å². The first kappa shape index (κ1) is 15.0. The summed E-state index contributed by atoms with van der Waals surface area (Å²) in [5.41, 5.74) is 3.04. The number of rotatable bonds is 5. The van der Waals surface area contributed by atoms with Crippen molar-refractivity contribution >= 4 is 22.3 Å². The monoisotopic (exact) mass is 302 g/mol. The van der Waals surface area contributed by atoms with Gasteiger partial charge in [0.2, 0.25) is 0 Å². The van der Waals surface area contributed by atoms with Crippen molar-refractivity contribution in [2.45, 2.75) is 12.8 Å². The molecule has 0 fully saturated rings. The zero-order valence-electron chi connectivity index (χ0n) is 12.8. The van der Waals surface area contributed by atoms with Crippen LogP contribution in [0.15, 0.2) is 78.9 Å². The van der Waals surface area contributed by atoms with Gasteiger partial charge in [-0.1, -0.05) is 72.8 Å². The van der Waals surface area contributed by atoms with Gasteiger partial charge in [-0.15, -0.1) is 0 Å². The van der Waals surface area contributed by atoms with E-state index in [9.17, 15) is 4.79 Å². The van der Waals surface area contributed by atoms with Crippen LogP contribution in [-0.2, 0) is 11.2 Å². The first-order valence-corrected chi connectivity index (χ1v) is 7.69. The van der Waals surface area contributed by atoms with Gasteiger partial charge in [-0.2, -0.15) is 0 Å². The minimum absolute atomic E-state index is 0.703. The minimum atomic E-state index is -0.901. The molecule has 0 unspecified atom stereocenters. The molecule has 0 radical (unpaired) electrons. The molecule has 114 valence electrons. The molecular weight excluding hydrogens is 284 g/mol. The average molecular weight is 302 g/mol. The second-order valence-electron chi connectivity index (χ2n) is 5.56. The van der Waals surface area contributed by atoms with Crippen LogP contribution in [0.4, 0.5) is 0 Å². The molecule has 3 aromatic carbocycles. The molecule has 23 heavy (non-hydrogen) atoms. The Labute approximate surface area is 135 Å². The number of benzene rings is 3. The lowest BCUT2D eigenvalue weighted by Crippen LogP contribution is -1.95. The molecule has 2 heteroatoms. The number of allylic oxidation sites excluding steroid dienone is 1. The quantitative estimate of drug-likeness (QED) is 0.678. The minimum Gasteiger partial charge on any atom is -0.478 e. The van der Waals surface area contributed by atoms with Crippen LogP contribution in [0.2, 0.25) is 0 Å². The molecule has 0 aliphatic heterocycles. The summed E-state index contributed by atoms with van der Waals surface area (Å²) in [6.07, 6.45) is 2.84. The summed E-state index contributed by atoms with van der Waals surface area (Å²) in [6, 6.07) is 24.4. The van der Waals surface area contributed by atoms with Crippen molar-refractivity contribution in [3.63, 3.8) is 0 Å². The Hall–Kier alpha value is -2.87. The van der Waals surface area contributed by atoms with Crippen molar-refractivity contribution < 1.29 is 9.90 Å². The highest BCUT2D eigenvalue weighted by atomic mass is 16.4. The van der Waals surface area contributed by atoms with Gasteiger partial charge in [-0.25, -0.2) is 4.79 Å². The van der Waals surface area contributed by atoms with Gasteiger partial charge in [0.05, 0.1) is 0 Å². The summed E-state index contributed by atoms with van der Waals surface area (Å²) in [4.78, 5) is 11.1. The van der Waals surface area contributed by atoms with Gasteiger partial charge in [0.25, 0.3) is 0 Å². The maximum atomic E-state index is 11.1. The van der Waals surface area contributed by atoms with E-state index in [1.165, 1.54) is 22.4 Å². The third-order valence-corrected chi connectivity index (χ3v) is 3.94. The topological polar surface area (TPSA) is 37.3 Å². The molecule has 0 aliphatic carbocycles. The summed E-state index contributed by atoms with van der Waals surface area (Å²) in [5.74, 6) is -0.901. The Balaban J connectivity index is 1.81. The van der Waals surface area contributed by atoms with Gasteiger partial charge < -0.3 is 5.11 Å². The van der Waals surface area contributed by atoms with Crippen molar-refractivity contribution in [1.82, 2.24) is 0 Å². The first-order chi connectivity index (χ1) is 11.2. The molecule has 0 atom stereocenters. The van der Waals surface area contributed by atoms with E-state index in [0.717, 1.165) is 17.6 Å². The van der Waals surface area contributed by atoms with E-state index >= 15 is 0 Å². The number of hydrogen-bond donors (Lipinski definition) is 1. The normalized spacial score (nSPS) is 11.6. The van der Waals surface area contributed by atoms with Gasteiger partial charge in [-0.05, 0) is 40.3 Å². The van der Waals surface area contributed by atoms with E-state index in [2.05, 4.69) is 30.3 Å². The van der Waals surface area contributed by atoms with E-state index in [-0.39, 0.29) is 0 Å². The van der Waals surface area contributed by atoms with Crippen LogP contribution in [0.3, 0.4) is 0 Å². The van der Waals surface area contributed by atoms with Crippen LogP contribution in [0.1, 0.15) is 17.5 Å². The number of hydrogen-bond acceptors (Lipinski definition) is 1. The highest BCUT2D eigenvalue weighted by Gasteiger charge is 2.05. The number of aryl methyl sites for hydroxylation is 1. The standard InChI is InChI=1S/C21H18O2/c22-21(23)15-20(17-6-2-1-3-7-17)13-11-16-10-12-18-8-4-5-9-19(18)14-16/h1-10,12,14-15H,11,13H2,(H,22,23). The zero-order valence-corrected chi connectivity index (χ0v) is 12.8. The Morgan fingerprint density at radius 2 is 1.57 bits per heavy atom. The van der Waals surface area contributed by atoms with E-state index in [1.54, 1.807) is 0 Å². The summed E-state index contributed by atoms with van der Waals surface area (Å²) in [5, 5.41) is 11.5. The van der Waals surface area contributed by atoms with E-state index in [4.69, 9.17) is 5.11 Å². The number of fused-ring (bicyclic) bond motifs is 1. The van der Waals surface area contributed by atoms with Crippen LogP contribution >= 0.6 is 0 Å². The molecular formula is C21H18O2. The van der Waals surface area contributed by atoms with Gasteiger partial charge in [0.1, 0.15) is 0 Å². The fraction of sp³-hybridized carbons (Fsp3) is 0.0952. The molecule has 0 spiro atoms. The van der Waals surface area contributed by atoms with Gasteiger partial charge in [0, 0.05) is 6.08 Å². The average Bonchev–Trinajstić information content (AvgIpc) is 2.59. The van der Waals surface area contributed by atoms with E-state index in [0.29, 0.717) is 6.42 Å². The number of carboxylic acid groups (broad SMARTS) is 1. The molecule has 0 aromatic heterocycles. The highest BCUT2D eigenvalue weighted by Crippen LogP contribution is 2.22. The van der Waals surface area contributed by atoms with E-state index < -0.39 is 5.97 Å². The van der Waals surface area contributed by atoms with Crippen LogP contribution < -0.4 is 0 Å². The lowest BCUT2D eigenvalue weighted by Gasteiger charge is -2.08. The Bertz CT molecular complexity index is 848. The van der Waals surface area contributed by atoms with E-state index in [1.807, 2.05) is 42.5 Å². The molecule has 0 heterocycles. The molecule has 2 nitrogen and oxygen atoms in total. The molecule has 0 aliphatic rings. The number of carboxylic acids is 1. The lowest BCUT2D eigenvalue weighted by atomic mass is 9.97. The van der Waals surface area contributed by atoms with Gasteiger partial charge >= 0.3 is 5.97 Å². The maximum absolute atomic E-state index is 11.1. The second kappa shape index (κ2) is 6.93. The molecule has 0 amide bonds. The third kappa shape index (κ3) is 3.86. The number of carbonyl (C=O) groups is 1. The molecule has 1 N–H and O–H groups in total. The molecule has 0 bridgehead atoms. The Morgan fingerprint density at radius 3 is 2.30 bits per heavy atom. The predicted molar refractivity (Wildman–Crippen MR) is 94.3 cm³/mol. The van der Waals surface area contributed by atoms with Crippen molar-refractivity contribution in [3.8, 4) is 0 Å². The summed E-state index contributed by atoms with van der Waals surface area (Å²) < 4.78 is 0. The molecule has 3 aromatic rings. The fourth-order valence-electron chi connectivity index (χ4n) is 2.77. The van der Waals surface area contributed by atoms with Crippen LogP contribution in [-0.4, -0.2) is 11.1 Å². The van der Waals surface area contributed by atoms with Crippen molar-refractivity contribution in [3.05, 3.63) is 90.0 Å². The number of aliphatic carboxylic acids is 1. The largest absolute Gasteiger partial charge is 0.478 e. The summed E-state index contributed by atoms with van der Waals surface area (Å²) in [6.45, 7) is 0. The smallest absolute Gasteiger partial charge is 0.328 e. The predicted octanol–water partition coefficient (Wildman–Crippen LogP) is 4.94. The SMILES string of the molecule is O=C(O)C=C(CCc1ccc2ccccc2c1)c1ccccc1. The van der Waals surface area contributed by atoms with Gasteiger partial charge in [-0.3, -0.25) is 0 Å². The Kier molecular flexibility index (Phi) is 4.53. The van der Waals surface area contributed by atoms with Crippen molar-refractivity contribution in [1.29, 1.82) is 0 Å². The fourth-order valence-corrected chi connectivity index (χ4v) is 2.77. The third-order valence-electron chi connectivity index (χ3n) is 3.94. The zero-order chi connectivity index (χ0) is 16.1. The highest BCUT2D eigenvalue weighted by molar-refractivity contribution is 5.90. The molecule has 0 saturated heterocycles. The Morgan fingerprint density at radius 1 is 0.870 bits per heavy atom. The maximum Gasteiger partial charge on any atom is 0.328 e. The van der Waals surface area contributed by atoms with Crippen LogP contribution in [0.25, 0.3) is 16.3 Å². The second-order valence-corrected chi connectivity index (χ2v) is 5.56. The summed E-state index contributed by atoms with van der Waals surface area (Å²) in [7, 11) is 0. The van der Waals surface area contributed by atoms with Crippen LogP contribution in [0.5, 0.6) is 0 Å². The lowest BCUT2D eigenvalue weighted by molar-refractivity contribution is -0.131. The molecule has 3 rings (SSSR count). The van der Waals surface area contributed by atoms with Crippen molar-refractivity contribution in [2.24, 2.45) is 0 Å². The summed E-state index contributed by atoms with van der Waals surface area (Å²) >= 11 is 0. The first-order valence-electron chi connectivity index (χ1n) is 7.69. The molecule has 0 saturated carbocycles. The van der Waals surface area contributed by atoms with Gasteiger partial charge in [0.15, 0.2) is 0 Å².